The number of imidazole rings is 1. The van der Waals surface area contributed by atoms with Crippen LogP contribution in [-0.4, -0.2) is 35.4 Å². The van der Waals surface area contributed by atoms with Gasteiger partial charge in [0.15, 0.2) is 5.16 Å². The molecule has 1 aromatic heterocycles. The number of ether oxygens (including phenoxy) is 1. The SMILES string of the molecule is CNC(=O)CSc1ncc(-c2ccccc2)n1-c1ccccc1OC. The molecule has 2 aromatic carbocycles. The van der Waals surface area contributed by atoms with Gasteiger partial charge in [-0.3, -0.25) is 9.36 Å². The van der Waals surface area contributed by atoms with Gasteiger partial charge in [0.05, 0.1) is 30.4 Å². The maximum Gasteiger partial charge on any atom is 0.230 e. The first-order chi connectivity index (χ1) is 12.2. The Bertz CT molecular complexity index is 862. The summed E-state index contributed by atoms with van der Waals surface area (Å²) in [7, 11) is 3.28. The molecule has 0 saturated heterocycles. The lowest BCUT2D eigenvalue weighted by molar-refractivity contribution is -0.118. The number of thioether (sulfide) groups is 1. The highest BCUT2D eigenvalue weighted by Crippen LogP contribution is 2.33. The largest absolute Gasteiger partial charge is 0.495 e. The van der Waals surface area contributed by atoms with Crippen LogP contribution < -0.4 is 10.1 Å². The zero-order chi connectivity index (χ0) is 17.6. The summed E-state index contributed by atoms with van der Waals surface area (Å²) in [5.74, 6) is 1.01. The zero-order valence-electron chi connectivity index (χ0n) is 14.1. The lowest BCUT2D eigenvalue weighted by atomic mass is 10.1. The normalized spacial score (nSPS) is 10.5. The number of amides is 1. The molecule has 0 fully saturated rings. The Hall–Kier alpha value is -2.73. The van der Waals surface area contributed by atoms with E-state index in [-0.39, 0.29) is 5.91 Å². The van der Waals surface area contributed by atoms with Gasteiger partial charge in [-0.05, 0) is 12.1 Å². The second-order valence-electron chi connectivity index (χ2n) is 5.26. The van der Waals surface area contributed by atoms with Crippen LogP contribution in [0.15, 0.2) is 66.0 Å². The summed E-state index contributed by atoms with van der Waals surface area (Å²) in [6.45, 7) is 0. The Kier molecular flexibility index (Phi) is 5.40. The standard InChI is InChI=1S/C19H19N3O2S/c1-20-18(23)13-25-19-21-12-16(14-8-4-3-5-9-14)22(19)15-10-6-7-11-17(15)24-2/h3-12H,13H2,1-2H3,(H,20,23). The number of rotatable bonds is 6. The molecule has 128 valence electrons. The Morgan fingerprint density at radius 1 is 1.16 bits per heavy atom. The van der Waals surface area contributed by atoms with Crippen molar-refractivity contribution in [1.29, 1.82) is 0 Å². The third kappa shape index (κ3) is 3.69. The summed E-state index contributed by atoms with van der Waals surface area (Å²) >= 11 is 1.39. The van der Waals surface area contributed by atoms with E-state index < -0.39 is 0 Å². The molecule has 0 spiro atoms. The molecular formula is C19H19N3O2S. The third-order valence-corrected chi connectivity index (χ3v) is 4.69. The van der Waals surface area contributed by atoms with Gasteiger partial charge in [0.2, 0.25) is 5.91 Å². The number of hydrogen-bond donors (Lipinski definition) is 1. The first kappa shape index (κ1) is 17.1. The summed E-state index contributed by atoms with van der Waals surface area (Å²) in [6.07, 6.45) is 1.83. The maximum absolute atomic E-state index is 11.6. The van der Waals surface area contributed by atoms with Gasteiger partial charge in [-0.25, -0.2) is 4.98 Å². The molecule has 0 bridgehead atoms. The summed E-state index contributed by atoms with van der Waals surface area (Å²) in [5, 5.41) is 3.38. The Balaban J connectivity index is 2.11. The van der Waals surface area contributed by atoms with Gasteiger partial charge in [0.1, 0.15) is 5.75 Å². The van der Waals surface area contributed by atoms with E-state index in [9.17, 15) is 4.79 Å². The number of benzene rings is 2. The number of carbonyl (C=O) groups is 1. The van der Waals surface area contributed by atoms with Gasteiger partial charge in [-0.15, -0.1) is 0 Å². The second-order valence-corrected chi connectivity index (χ2v) is 6.20. The van der Waals surface area contributed by atoms with Gasteiger partial charge in [0, 0.05) is 12.6 Å². The van der Waals surface area contributed by atoms with Gasteiger partial charge < -0.3 is 10.1 Å². The molecule has 1 amide bonds. The predicted molar refractivity (Wildman–Crippen MR) is 100 cm³/mol. The highest BCUT2D eigenvalue weighted by molar-refractivity contribution is 7.99. The van der Waals surface area contributed by atoms with Crippen LogP contribution in [0.1, 0.15) is 0 Å². The average Bonchev–Trinajstić information content (AvgIpc) is 3.10. The molecule has 0 aliphatic carbocycles. The minimum absolute atomic E-state index is 0.0409. The molecular weight excluding hydrogens is 334 g/mol. The quantitative estimate of drug-likeness (QED) is 0.690. The van der Waals surface area contributed by atoms with E-state index in [0.717, 1.165) is 27.9 Å². The van der Waals surface area contributed by atoms with Crippen molar-refractivity contribution in [3.63, 3.8) is 0 Å². The molecule has 0 aliphatic heterocycles. The number of aromatic nitrogens is 2. The molecule has 6 heteroatoms. The number of carbonyl (C=O) groups excluding carboxylic acids is 1. The Labute approximate surface area is 151 Å². The Morgan fingerprint density at radius 2 is 1.88 bits per heavy atom. The van der Waals surface area contributed by atoms with E-state index >= 15 is 0 Å². The van der Waals surface area contributed by atoms with Crippen LogP contribution in [-0.2, 0) is 4.79 Å². The summed E-state index contributed by atoms with van der Waals surface area (Å²) in [4.78, 5) is 16.2. The van der Waals surface area contributed by atoms with Crippen molar-refractivity contribution < 1.29 is 9.53 Å². The zero-order valence-corrected chi connectivity index (χ0v) is 14.9. The highest BCUT2D eigenvalue weighted by atomic mass is 32.2. The molecule has 1 heterocycles. The lowest BCUT2D eigenvalue weighted by Gasteiger charge is -2.15. The molecule has 5 nitrogen and oxygen atoms in total. The lowest BCUT2D eigenvalue weighted by Crippen LogP contribution is -2.20. The van der Waals surface area contributed by atoms with Crippen LogP contribution in [0.3, 0.4) is 0 Å². The molecule has 3 aromatic rings. The fourth-order valence-corrected chi connectivity index (χ4v) is 3.36. The topological polar surface area (TPSA) is 56.2 Å². The summed E-state index contributed by atoms with van der Waals surface area (Å²) in [6, 6.07) is 17.8. The molecule has 0 radical (unpaired) electrons. The van der Waals surface area contributed by atoms with Crippen molar-refractivity contribution >= 4 is 17.7 Å². The minimum atomic E-state index is -0.0409. The van der Waals surface area contributed by atoms with Crippen molar-refractivity contribution in [2.45, 2.75) is 5.16 Å². The summed E-state index contributed by atoms with van der Waals surface area (Å²) in [5.41, 5.74) is 2.89. The van der Waals surface area contributed by atoms with E-state index in [0.29, 0.717) is 5.75 Å². The molecule has 1 N–H and O–H groups in total. The molecule has 0 atom stereocenters. The van der Waals surface area contributed by atoms with Crippen LogP contribution in [0.4, 0.5) is 0 Å². The highest BCUT2D eigenvalue weighted by Gasteiger charge is 2.17. The number of methoxy groups -OCH3 is 1. The fourth-order valence-electron chi connectivity index (χ4n) is 2.50. The van der Waals surface area contributed by atoms with Gasteiger partial charge in [-0.1, -0.05) is 54.2 Å². The predicted octanol–water partition coefficient (Wildman–Crippen LogP) is 3.39. The molecule has 0 unspecified atom stereocenters. The van der Waals surface area contributed by atoms with Crippen molar-refractivity contribution in [2.24, 2.45) is 0 Å². The van der Waals surface area contributed by atoms with E-state index in [1.165, 1.54) is 11.8 Å². The van der Waals surface area contributed by atoms with Crippen molar-refractivity contribution in [2.75, 3.05) is 19.9 Å². The number of para-hydroxylation sites is 2. The monoisotopic (exact) mass is 353 g/mol. The van der Waals surface area contributed by atoms with E-state index in [1.54, 1.807) is 14.2 Å². The molecule has 0 aliphatic rings. The number of hydrogen-bond acceptors (Lipinski definition) is 4. The second kappa shape index (κ2) is 7.90. The van der Waals surface area contributed by atoms with E-state index in [2.05, 4.69) is 10.3 Å². The van der Waals surface area contributed by atoms with Crippen LogP contribution in [0.5, 0.6) is 5.75 Å². The number of nitrogens with one attached hydrogen (secondary N) is 1. The van der Waals surface area contributed by atoms with Gasteiger partial charge >= 0.3 is 0 Å². The first-order valence-corrected chi connectivity index (χ1v) is 8.83. The smallest absolute Gasteiger partial charge is 0.230 e. The summed E-state index contributed by atoms with van der Waals surface area (Å²) < 4.78 is 7.55. The van der Waals surface area contributed by atoms with Gasteiger partial charge in [-0.2, -0.15) is 0 Å². The third-order valence-electron chi connectivity index (χ3n) is 3.74. The van der Waals surface area contributed by atoms with Crippen LogP contribution in [0.2, 0.25) is 0 Å². The van der Waals surface area contributed by atoms with Crippen LogP contribution in [0, 0.1) is 0 Å². The molecule has 0 saturated carbocycles. The maximum atomic E-state index is 11.6. The molecule has 25 heavy (non-hydrogen) atoms. The van der Waals surface area contributed by atoms with Gasteiger partial charge in [0.25, 0.3) is 0 Å². The van der Waals surface area contributed by atoms with Crippen molar-refractivity contribution in [3.8, 4) is 22.7 Å². The fraction of sp³-hybridized carbons (Fsp3) is 0.158. The average molecular weight is 353 g/mol. The first-order valence-electron chi connectivity index (χ1n) is 7.84. The Morgan fingerprint density at radius 3 is 2.60 bits per heavy atom. The molecule has 3 rings (SSSR count). The van der Waals surface area contributed by atoms with Crippen LogP contribution in [0.25, 0.3) is 16.9 Å². The minimum Gasteiger partial charge on any atom is -0.495 e. The number of nitrogens with zero attached hydrogens (tertiary/aromatic N) is 2. The van der Waals surface area contributed by atoms with Crippen LogP contribution >= 0.6 is 11.8 Å². The van der Waals surface area contributed by atoms with E-state index in [1.807, 2.05) is 65.4 Å². The van der Waals surface area contributed by atoms with Crippen molar-refractivity contribution in [1.82, 2.24) is 14.9 Å². The van der Waals surface area contributed by atoms with Crippen molar-refractivity contribution in [3.05, 3.63) is 60.8 Å². The van der Waals surface area contributed by atoms with E-state index in [4.69, 9.17) is 4.74 Å².